The number of thiol groups is 1. The van der Waals surface area contributed by atoms with Crippen molar-refractivity contribution in [2.45, 2.75) is 57.8 Å². The van der Waals surface area contributed by atoms with Crippen molar-refractivity contribution in [3.05, 3.63) is 0 Å². The molecule has 0 saturated heterocycles. The van der Waals surface area contributed by atoms with Crippen LogP contribution in [-0.4, -0.2) is 70.7 Å². The van der Waals surface area contributed by atoms with E-state index in [0.717, 1.165) is 0 Å². The predicted molar refractivity (Wildman–Crippen MR) is 113 cm³/mol. The van der Waals surface area contributed by atoms with Crippen LogP contribution in [0.4, 0.5) is 0 Å². The van der Waals surface area contributed by atoms with Gasteiger partial charge < -0.3 is 26.8 Å². The van der Waals surface area contributed by atoms with Gasteiger partial charge in [0.05, 0.1) is 6.04 Å². The Kier molecular flexibility index (Phi) is 13.0. The zero-order valence-electron chi connectivity index (χ0n) is 16.7. The second-order valence-corrected chi connectivity index (χ2v) is 8.24. The summed E-state index contributed by atoms with van der Waals surface area (Å²) in [5.74, 6) is -2.07. The van der Waals surface area contributed by atoms with Crippen LogP contribution in [0.2, 0.25) is 0 Å². The number of carboxylic acid groups (broad SMARTS) is 1. The maximum Gasteiger partial charge on any atom is 0.326 e. The highest BCUT2D eigenvalue weighted by atomic mass is 32.2. The molecule has 0 rings (SSSR count). The highest BCUT2D eigenvalue weighted by Crippen LogP contribution is 2.04. The molecule has 0 fully saturated rings. The van der Waals surface area contributed by atoms with E-state index in [9.17, 15) is 24.3 Å². The minimum Gasteiger partial charge on any atom is -0.480 e. The lowest BCUT2D eigenvalue weighted by Crippen LogP contribution is -2.57. The van der Waals surface area contributed by atoms with Crippen LogP contribution in [0, 0.1) is 5.92 Å². The van der Waals surface area contributed by atoms with Gasteiger partial charge in [-0.15, -0.1) is 0 Å². The summed E-state index contributed by atoms with van der Waals surface area (Å²) in [6, 6.07) is -3.72. The number of carbonyl (C=O) groups excluding carboxylic acids is 3. The fourth-order valence-electron chi connectivity index (χ4n) is 2.26. The number of carbonyl (C=O) groups is 4. The average Bonchev–Trinajstić information content (AvgIpc) is 2.61. The molecule has 0 aliphatic heterocycles. The summed E-state index contributed by atoms with van der Waals surface area (Å²) in [7, 11) is 0. The summed E-state index contributed by atoms with van der Waals surface area (Å²) in [5.41, 5.74) is 5.79. The molecule has 0 radical (unpaired) electrons. The number of hydrogen-bond donors (Lipinski definition) is 6. The minimum absolute atomic E-state index is 0.0278. The van der Waals surface area contributed by atoms with Crippen LogP contribution in [0.3, 0.4) is 0 Å². The molecule has 0 aromatic heterocycles. The zero-order chi connectivity index (χ0) is 21.9. The first-order valence-electron chi connectivity index (χ1n) is 9.02. The van der Waals surface area contributed by atoms with E-state index in [1.54, 1.807) is 0 Å². The molecular formula is C17H32N4O5S2. The Morgan fingerprint density at radius 3 is 2.04 bits per heavy atom. The fourth-order valence-corrected chi connectivity index (χ4v) is 2.99. The van der Waals surface area contributed by atoms with Crippen molar-refractivity contribution < 1.29 is 24.3 Å². The van der Waals surface area contributed by atoms with E-state index in [1.807, 2.05) is 20.1 Å². The summed E-state index contributed by atoms with van der Waals surface area (Å²) in [4.78, 5) is 47.9. The van der Waals surface area contributed by atoms with Crippen molar-refractivity contribution in [1.82, 2.24) is 16.0 Å². The number of nitrogens with one attached hydrogen (secondary N) is 3. The van der Waals surface area contributed by atoms with Crippen molar-refractivity contribution in [2.75, 3.05) is 17.8 Å². The molecule has 0 saturated carbocycles. The van der Waals surface area contributed by atoms with Crippen LogP contribution in [-0.2, 0) is 19.2 Å². The molecule has 0 bridgehead atoms. The molecule has 11 heteroatoms. The Morgan fingerprint density at radius 2 is 1.57 bits per heavy atom. The molecule has 4 atom stereocenters. The van der Waals surface area contributed by atoms with Gasteiger partial charge >= 0.3 is 5.97 Å². The molecule has 0 aliphatic carbocycles. The number of aliphatic carboxylic acids is 1. The number of hydrogen-bond acceptors (Lipinski definition) is 7. The van der Waals surface area contributed by atoms with Gasteiger partial charge in [0, 0.05) is 5.75 Å². The van der Waals surface area contributed by atoms with Crippen LogP contribution in [0.1, 0.15) is 33.6 Å². The largest absolute Gasteiger partial charge is 0.480 e. The predicted octanol–water partition coefficient (Wildman–Crippen LogP) is -0.398. The smallest absolute Gasteiger partial charge is 0.326 e. The zero-order valence-corrected chi connectivity index (χ0v) is 18.4. The van der Waals surface area contributed by atoms with Gasteiger partial charge in [-0.2, -0.15) is 24.4 Å². The van der Waals surface area contributed by atoms with Crippen molar-refractivity contribution in [3.63, 3.8) is 0 Å². The summed E-state index contributed by atoms with van der Waals surface area (Å²) in [6.07, 6.45) is 2.57. The number of thioether (sulfide) groups is 1. The molecule has 3 amide bonds. The fraction of sp³-hybridized carbons (Fsp3) is 0.765. The molecule has 28 heavy (non-hydrogen) atoms. The third-order valence-electron chi connectivity index (χ3n) is 3.85. The Balaban J connectivity index is 4.77. The molecule has 0 aromatic carbocycles. The number of nitrogens with two attached hydrogens (primary N) is 1. The second kappa shape index (κ2) is 13.7. The molecule has 4 unspecified atom stereocenters. The highest BCUT2D eigenvalue weighted by molar-refractivity contribution is 7.98. The van der Waals surface area contributed by atoms with E-state index in [0.29, 0.717) is 12.2 Å². The van der Waals surface area contributed by atoms with Crippen LogP contribution in [0.5, 0.6) is 0 Å². The van der Waals surface area contributed by atoms with Gasteiger partial charge in [-0.25, -0.2) is 4.79 Å². The summed E-state index contributed by atoms with van der Waals surface area (Å²) in [5, 5.41) is 16.6. The van der Waals surface area contributed by atoms with Crippen LogP contribution < -0.4 is 21.7 Å². The molecule has 6 N–H and O–H groups in total. The second-order valence-electron chi connectivity index (χ2n) is 6.89. The molecule has 0 heterocycles. The normalized spacial score (nSPS) is 15.2. The van der Waals surface area contributed by atoms with Crippen LogP contribution >= 0.6 is 24.4 Å². The number of amides is 3. The lowest BCUT2D eigenvalue weighted by atomic mass is 10.0. The van der Waals surface area contributed by atoms with Gasteiger partial charge in [-0.1, -0.05) is 13.8 Å². The number of rotatable bonds is 13. The number of carboxylic acids is 1. The topological polar surface area (TPSA) is 151 Å². The van der Waals surface area contributed by atoms with Gasteiger partial charge in [0.25, 0.3) is 0 Å². The monoisotopic (exact) mass is 436 g/mol. The SMILES string of the molecule is CSCCC(NC(=O)C(CS)NC(=O)C(C)NC(=O)C(N)CC(C)C)C(=O)O. The lowest BCUT2D eigenvalue weighted by Gasteiger charge is -2.23. The standard InChI is InChI=1S/C17H32N4O5S2/c1-9(2)7-11(18)15(23)19-10(3)14(22)21-13(8-27)16(24)20-12(17(25)26)5-6-28-4/h9-13,27H,5-8,18H2,1-4H3,(H,19,23)(H,20,24)(H,21,22)(H,25,26). The third kappa shape index (κ3) is 10.2. The van der Waals surface area contributed by atoms with Gasteiger partial charge in [0.1, 0.15) is 18.1 Å². The quantitative estimate of drug-likeness (QED) is 0.215. The maximum atomic E-state index is 12.3. The van der Waals surface area contributed by atoms with Crippen molar-refractivity contribution in [3.8, 4) is 0 Å². The van der Waals surface area contributed by atoms with Gasteiger partial charge in [0.15, 0.2) is 0 Å². The van der Waals surface area contributed by atoms with Gasteiger partial charge in [-0.3, -0.25) is 14.4 Å². The molecule has 0 spiro atoms. The van der Waals surface area contributed by atoms with E-state index in [-0.39, 0.29) is 18.1 Å². The van der Waals surface area contributed by atoms with Crippen LogP contribution in [0.15, 0.2) is 0 Å². The first kappa shape index (κ1) is 26.5. The van der Waals surface area contributed by atoms with E-state index < -0.39 is 47.9 Å². The molecule has 0 aromatic rings. The Labute approximate surface area is 175 Å². The van der Waals surface area contributed by atoms with Crippen LogP contribution in [0.25, 0.3) is 0 Å². The van der Waals surface area contributed by atoms with Crippen molar-refractivity contribution >= 4 is 48.1 Å². The summed E-state index contributed by atoms with van der Waals surface area (Å²) in [6.45, 7) is 5.34. The summed E-state index contributed by atoms with van der Waals surface area (Å²) < 4.78 is 0. The highest BCUT2D eigenvalue weighted by Gasteiger charge is 2.28. The van der Waals surface area contributed by atoms with E-state index >= 15 is 0 Å². The van der Waals surface area contributed by atoms with Gasteiger partial charge in [-0.05, 0) is 37.7 Å². The Bertz CT molecular complexity index is 548. The first-order chi connectivity index (χ1) is 13.0. The average molecular weight is 437 g/mol. The molecule has 162 valence electrons. The van der Waals surface area contributed by atoms with E-state index in [4.69, 9.17) is 5.73 Å². The third-order valence-corrected chi connectivity index (χ3v) is 4.86. The van der Waals surface area contributed by atoms with Gasteiger partial charge in [0.2, 0.25) is 17.7 Å². The lowest BCUT2D eigenvalue weighted by molar-refractivity contribution is -0.142. The van der Waals surface area contributed by atoms with Crippen molar-refractivity contribution in [2.24, 2.45) is 11.7 Å². The minimum atomic E-state index is -1.15. The van der Waals surface area contributed by atoms with E-state index in [2.05, 4.69) is 28.6 Å². The molecule has 9 nitrogen and oxygen atoms in total. The molecular weight excluding hydrogens is 404 g/mol. The summed E-state index contributed by atoms with van der Waals surface area (Å²) >= 11 is 5.51. The van der Waals surface area contributed by atoms with Crippen molar-refractivity contribution in [1.29, 1.82) is 0 Å². The van der Waals surface area contributed by atoms with E-state index in [1.165, 1.54) is 18.7 Å². The maximum absolute atomic E-state index is 12.3. The first-order valence-corrected chi connectivity index (χ1v) is 11.0. The molecule has 0 aliphatic rings. The Hall–Kier alpha value is -1.46. The Morgan fingerprint density at radius 1 is 1.00 bits per heavy atom.